The van der Waals surface area contributed by atoms with Crippen molar-refractivity contribution in [2.45, 2.75) is 71.1 Å². The molecule has 0 aliphatic carbocycles. The number of unbranched alkanes of at least 4 members (excludes halogenated alkanes) is 9. The van der Waals surface area contributed by atoms with Gasteiger partial charge in [0.1, 0.15) is 0 Å². The van der Waals surface area contributed by atoms with Crippen LogP contribution in [-0.2, 0) is 0 Å². The van der Waals surface area contributed by atoms with Crippen molar-refractivity contribution in [3.63, 3.8) is 0 Å². The Morgan fingerprint density at radius 2 is 1.00 bits per heavy atom. The zero-order valence-corrected chi connectivity index (χ0v) is 10.6. The monoisotopic (exact) mass is 245 g/mol. The van der Waals surface area contributed by atoms with E-state index in [0.717, 1.165) is 6.54 Å². The fourth-order valence-corrected chi connectivity index (χ4v) is 1.63. The third-order valence-electron chi connectivity index (χ3n) is 2.56. The summed E-state index contributed by atoms with van der Waals surface area (Å²) in [5.41, 5.74) is 5.42. The Kier molecular flexibility index (Phi) is 29.6. The molecular weight excluding hydrogens is 217 g/mol. The minimum absolute atomic E-state index is 0. The van der Waals surface area contributed by atoms with E-state index in [1.807, 2.05) is 0 Å². The second kappa shape index (κ2) is 20.6. The van der Waals surface area contributed by atoms with E-state index in [1.165, 1.54) is 64.2 Å². The summed E-state index contributed by atoms with van der Waals surface area (Å²) in [5, 5.41) is 0. The van der Waals surface area contributed by atoms with Crippen molar-refractivity contribution in [2.75, 3.05) is 6.54 Å². The van der Waals surface area contributed by atoms with Gasteiger partial charge in [-0.05, 0) is 13.0 Å². The molecule has 1 nitrogen and oxygen atoms in total. The summed E-state index contributed by atoms with van der Waals surface area (Å²) in [6.45, 7) is 3.14. The van der Waals surface area contributed by atoms with Crippen LogP contribution in [0.5, 0.6) is 0 Å². The van der Waals surface area contributed by atoms with Crippen molar-refractivity contribution in [1.82, 2.24) is 0 Å². The molecule has 0 aliphatic heterocycles. The van der Waals surface area contributed by atoms with Gasteiger partial charge in [0.15, 0.2) is 0 Å². The maximum atomic E-state index is 5.42. The zero-order chi connectivity index (χ0) is 9.78. The summed E-state index contributed by atoms with van der Waals surface area (Å²) in [4.78, 5) is 0. The van der Waals surface area contributed by atoms with E-state index in [-0.39, 0.29) is 42.0 Å². The van der Waals surface area contributed by atoms with Gasteiger partial charge in [-0.3, -0.25) is 0 Å². The zero-order valence-electron chi connectivity index (χ0n) is 9.76. The normalized spacial score (nSPS) is 9.20. The van der Waals surface area contributed by atoms with Crippen LogP contribution in [0, 0.1) is 0 Å². The molecule has 0 bridgehead atoms. The van der Waals surface area contributed by atoms with Crippen LogP contribution in [0.15, 0.2) is 0 Å². The van der Waals surface area contributed by atoms with E-state index < -0.39 is 0 Å². The molecular formula is C12H29ClNNa. The van der Waals surface area contributed by atoms with Gasteiger partial charge in [0.2, 0.25) is 0 Å². The molecule has 3 heteroatoms. The van der Waals surface area contributed by atoms with Gasteiger partial charge in [-0.2, -0.15) is 0 Å². The molecule has 0 atom stereocenters. The van der Waals surface area contributed by atoms with Crippen molar-refractivity contribution >= 4 is 42.0 Å². The molecule has 2 N–H and O–H groups in total. The van der Waals surface area contributed by atoms with E-state index in [4.69, 9.17) is 5.73 Å². The number of rotatable bonds is 10. The Hall–Kier alpha value is 1.25. The van der Waals surface area contributed by atoms with Crippen LogP contribution in [-0.4, -0.2) is 36.1 Å². The van der Waals surface area contributed by atoms with Gasteiger partial charge in [-0.25, -0.2) is 0 Å². The number of halogens is 1. The van der Waals surface area contributed by atoms with Crippen LogP contribution < -0.4 is 5.73 Å². The van der Waals surface area contributed by atoms with Crippen LogP contribution in [0.1, 0.15) is 71.1 Å². The van der Waals surface area contributed by atoms with E-state index in [2.05, 4.69) is 6.92 Å². The summed E-state index contributed by atoms with van der Waals surface area (Å²) in [5.74, 6) is 0. The Labute approximate surface area is 125 Å². The molecule has 0 aromatic heterocycles. The van der Waals surface area contributed by atoms with Crippen molar-refractivity contribution < 1.29 is 0 Å². The summed E-state index contributed by atoms with van der Waals surface area (Å²) >= 11 is 0. The predicted octanol–water partition coefficient (Wildman–Crippen LogP) is 3.64. The topological polar surface area (TPSA) is 26.0 Å². The summed E-state index contributed by atoms with van der Waals surface area (Å²) in [6.07, 6.45) is 13.9. The van der Waals surface area contributed by atoms with Gasteiger partial charge in [0, 0.05) is 0 Å². The fraction of sp³-hybridized carbons (Fsp3) is 1.00. The first-order valence-electron chi connectivity index (χ1n) is 6.12. The van der Waals surface area contributed by atoms with Crippen molar-refractivity contribution in [2.24, 2.45) is 5.73 Å². The van der Waals surface area contributed by atoms with E-state index in [0.29, 0.717) is 0 Å². The number of hydrogen-bond donors (Lipinski definition) is 1. The molecule has 0 aromatic carbocycles. The third kappa shape index (κ3) is 21.2. The van der Waals surface area contributed by atoms with E-state index in [9.17, 15) is 0 Å². The Bertz CT molecular complexity index is 81.7. The summed E-state index contributed by atoms with van der Waals surface area (Å²) in [6, 6.07) is 0. The molecule has 90 valence electrons. The molecule has 0 aromatic rings. The molecule has 15 heavy (non-hydrogen) atoms. The average Bonchev–Trinajstić information content (AvgIpc) is 2.16. The van der Waals surface area contributed by atoms with Crippen molar-refractivity contribution in [1.29, 1.82) is 0 Å². The first kappa shape index (κ1) is 21.5. The van der Waals surface area contributed by atoms with Gasteiger partial charge >= 0.3 is 29.6 Å². The van der Waals surface area contributed by atoms with E-state index >= 15 is 0 Å². The SMILES string of the molecule is CCCCCCCCCCCCN.Cl.[NaH]. The summed E-state index contributed by atoms with van der Waals surface area (Å²) in [7, 11) is 0. The van der Waals surface area contributed by atoms with Crippen molar-refractivity contribution in [3.8, 4) is 0 Å². The number of nitrogens with two attached hydrogens (primary N) is 1. The Morgan fingerprint density at radius 1 is 0.667 bits per heavy atom. The van der Waals surface area contributed by atoms with Gasteiger partial charge in [-0.15, -0.1) is 12.4 Å². The quantitative estimate of drug-likeness (QED) is 0.462. The summed E-state index contributed by atoms with van der Waals surface area (Å²) < 4.78 is 0. The molecule has 0 saturated heterocycles. The minimum atomic E-state index is 0. The van der Waals surface area contributed by atoms with Crippen LogP contribution in [0.25, 0.3) is 0 Å². The first-order chi connectivity index (χ1) is 6.41. The van der Waals surface area contributed by atoms with Crippen LogP contribution in [0.4, 0.5) is 0 Å². The average molecular weight is 246 g/mol. The molecule has 0 amide bonds. The van der Waals surface area contributed by atoms with Crippen molar-refractivity contribution in [3.05, 3.63) is 0 Å². The van der Waals surface area contributed by atoms with Gasteiger partial charge in [0.25, 0.3) is 0 Å². The van der Waals surface area contributed by atoms with E-state index in [1.54, 1.807) is 0 Å². The molecule has 0 fully saturated rings. The number of hydrogen-bond acceptors (Lipinski definition) is 1. The second-order valence-electron chi connectivity index (χ2n) is 3.97. The molecule has 0 saturated carbocycles. The Morgan fingerprint density at radius 3 is 1.33 bits per heavy atom. The van der Waals surface area contributed by atoms with Gasteiger partial charge in [-0.1, -0.05) is 64.7 Å². The van der Waals surface area contributed by atoms with Gasteiger partial charge in [0.05, 0.1) is 0 Å². The Balaban J connectivity index is -0.000000720. The molecule has 0 unspecified atom stereocenters. The van der Waals surface area contributed by atoms with Crippen LogP contribution in [0.2, 0.25) is 0 Å². The van der Waals surface area contributed by atoms with Crippen LogP contribution in [0.3, 0.4) is 0 Å². The predicted molar refractivity (Wildman–Crippen MR) is 75.3 cm³/mol. The molecule has 0 rings (SSSR count). The molecule has 0 spiro atoms. The standard InChI is InChI=1S/C12H27N.ClH.Na.H/c1-2-3-4-5-6-7-8-9-10-11-12-13;;;/h2-13H2,1H3;1H;;. The first-order valence-corrected chi connectivity index (χ1v) is 6.12. The molecule has 0 radical (unpaired) electrons. The molecule has 0 aliphatic rings. The van der Waals surface area contributed by atoms with Crippen LogP contribution >= 0.6 is 12.4 Å². The maximum absolute atomic E-state index is 5.42. The molecule has 0 heterocycles. The van der Waals surface area contributed by atoms with Gasteiger partial charge < -0.3 is 5.73 Å². The fourth-order valence-electron chi connectivity index (χ4n) is 1.63. The second-order valence-corrected chi connectivity index (χ2v) is 3.97. The third-order valence-corrected chi connectivity index (χ3v) is 2.56.